The molecule has 0 spiro atoms. The first kappa shape index (κ1) is 20.0. The summed E-state index contributed by atoms with van der Waals surface area (Å²) >= 11 is 19.7. The molecule has 0 bridgehead atoms. The van der Waals surface area contributed by atoms with Gasteiger partial charge in [0, 0.05) is 15.5 Å². The minimum Gasteiger partial charge on any atom is -0.481 e. The average molecular weight is 442 g/mol. The maximum absolute atomic E-state index is 11.7. The summed E-state index contributed by atoms with van der Waals surface area (Å²) < 4.78 is 0. The third-order valence-corrected chi connectivity index (χ3v) is 5.95. The molecular weight excluding hydrogens is 427 g/mol. The van der Waals surface area contributed by atoms with Gasteiger partial charge in [0.25, 0.3) is 0 Å². The fraction of sp³-hybridized carbons (Fsp3) is 0.158. The van der Waals surface area contributed by atoms with Crippen molar-refractivity contribution in [1.82, 2.24) is 4.98 Å². The quantitative estimate of drug-likeness (QED) is 0.428. The second kappa shape index (κ2) is 8.48. The maximum Gasteiger partial charge on any atom is 0.311 e. The number of hydrogen-bond donors (Lipinski definition) is 2. The smallest absolute Gasteiger partial charge is 0.311 e. The molecule has 0 aliphatic rings. The van der Waals surface area contributed by atoms with E-state index in [1.54, 1.807) is 30.3 Å². The van der Waals surface area contributed by atoms with Crippen LogP contribution in [0, 0.1) is 0 Å². The Hall–Kier alpha value is -1.79. The molecule has 4 nitrogen and oxygen atoms in total. The zero-order chi connectivity index (χ0) is 19.6. The number of nitrogens with zero attached hydrogens (tertiary/aromatic N) is 1. The van der Waals surface area contributed by atoms with Crippen LogP contribution in [0.1, 0.15) is 24.1 Å². The van der Waals surface area contributed by atoms with Gasteiger partial charge in [-0.1, -0.05) is 59.9 Å². The van der Waals surface area contributed by atoms with Crippen LogP contribution in [-0.4, -0.2) is 16.1 Å². The van der Waals surface area contributed by atoms with Crippen molar-refractivity contribution in [3.05, 3.63) is 62.4 Å². The summed E-state index contributed by atoms with van der Waals surface area (Å²) in [6.07, 6.45) is 0.449. The van der Waals surface area contributed by atoms with E-state index in [2.05, 4.69) is 10.3 Å². The molecule has 0 amide bonds. The minimum absolute atomic E-state index is 0.449. The van der Waals surface area contributed by atoms with Crippen molar-refractivity contribution in [2.45, 2.75) is 19.3 Å². The Bertz CT molecular complexity index is 953. The molecule has 0 aliphatic heterocycles. The standard InChI is InChI=1S/C19H15Cl3N2O2S/c1-2-12(18(25)26)17-15(10-6-8-11(20)9-7-10)23-19(27-17)24-16-13(21)4-3-5-14(16)22/h3-9,12H,2H2,1H3,(H,23,24)(H,25,26). The van der Waals surface area contributed by atoms with E-state index in [0.717, 1.165) is 5.56 Å². The van der Waals surface area contributed by atoms with E-state index in [1.165, 1.54) is 11.3 Å². The molecule has 0 saturated heterocycles. The normalized spacial score (nSPS) is 12.0. The van der Waals surface area contributed by atoms with Crippen LogP contribution in [0.4, 0.5) is 10.8 Å². The predicted octanol–water partition coefficient (Wildman–Crippen LogP) is 7.09. The lowest BCUT2D eigenvalue weighted by atomic mass is 10.0. The molecule has 1 heterocycles. The monoisotopic (exact) mass is 440 g/mol. The average Bonchev–Trinajstić information content (AvgIpc) is 3.03. The Morgan fingerprint density at radius 1 is 1.15 bits per heavy atom. The molecule has 1 atom stereocenters. The molecule has 140 valence electrons. The van der Waals surface area contributed by atoms with Crippen molar-refractivity contribution in [2.24, 2.45) is 0 Å². The number of benzene rings is 2. The van der Waals surface area contributed by atoms with Crippen molar-refractivity contribution in [2.75, 3.05) is 5.32 Å². The van der Waals surface area contributed by atoms with Gasteiger partial charge in [-0.25, -0.2) is 4.98 Å². The molecule has 1 unspecified atom stereocenters. The molecule has 0 radical (unpaired) electrons. The topological polar surface area (TPSA) is 62.2 Å². The molecule has 0 fully saturated rings. The number of thiazole rings is 1. The summed E-state index contributed by atoms with van der Waals surface area (Å²) in [5.74, 6) is -1.55. The molecule has 8 heteroatoms. The number of carboxylic acid groups (broad SMARTS) is 1. The fourth-order valence-electron chi connectivity index (χ4n) is 2.63. The van der Waals surface area contributed by atoms with Gasteiger partial charge >= 0.3 is 5.97 Å². The lowest BCUT2D eigenvalue weighted by Gasteiger charge is -2.09. The van der Waals surface area contributed by atoms with Crippen molar-refractivity contribution in [1.29, 1.82) is 0 Å². The highest BCUT2D eigenvalue weighted by Gasteiger charge is 2.26. The Balaban J connectivity index is 2.09. The second-order valence-corrected chi connectivity index (χ2v) is 8.04. The molecule has 2 aromatic carbocycles. The molecule has 3 aromatic rings. The van der Waals surface area contributed by atoms with Crippen LogP contribution in [-0.2, 0) is 4.79 Å². The predicted molar refractivity (Wildman–Crippen MR) is 113 cm³/mol. The highest BCUT2D eigenvalue weighted by Crippen LogP contribution is 2.41. The molecule has 3 rings (SSSR count). The molecule has 0 saturated carbocycles. The highest BCUT2D eigenvalue weighted by atomic mass is 35.5. The SMILES string of the molecule is CCC(C(=O)O)c1sc(Nc2c(Cl)cccc2Cl)nc1-c1ccc(Cl)cc1. The van der Waals surface area contributed by atoms with E-state index in [1.807, 2.05) is 19.1 Å². The van der Waals surface area contributed by atoms with Gasteiger partial charge in [0.2, 0.25) is 0 Å². The van der Waals surface area contributed by atoms with Gasteiger partial charge < -0.3 is 10.4 Å². The zero-order valence-corrected chi connectivity index (χ0v) is 17.3. The summed E-state index contributed by atoms with van der Waals surface area (Å²) in [6, 6.07) is 12.3. The molecule has 27 heavy (non-hydrogen) atoms. The van der Waals surface area contributed by atoms with Gasteiger partial charge in [-0.3, -0.25) is 4.79 Å². The van der Waals surface area contributed by atoms with Gasteiger partial charge in [-0.05, 0) is 30.7 Å². The largest absolute Gasteiger partial charge is 0.481 e. The fourth-order valence-corrected chi connectivity index (χ4v) is 4.42. The van der Waals surface area contributed by atoms with Crippen LogP contribution in [0.3, 0.4) is 0 Å². The van der Waals surface area contributed by atoms with E-state index in [9.17, 15) is 9.90 Å². The number of aromatic nitrogens is 1. The molecule has 2 N–H and O–H groups in total. The maximum atomic E-state index is 11.7. The van der Waals surface area contributed by atoms with E-state index in [-0.39, 0.29) is 0 Å². The molecule has 1 aromatic heterocycles. The molecular formula is C19H15Cl3N2O2S. The summed E-state index contributed by atoms with van der Waals surface area (Å²) in [4.78, 5) is 17.0. The van der Waals surface area contributed by atoms with Crippen molar-refractivity contribution in [3.8, 4) is 11.3 Å². The third kappa shape index (κ3) is 4.38. The number of anilines is 2. The number of para-hydroxylation sites is 1. The lowest BCUT2D eigenvalue weighted by Crippen LogP contribution is -2.09. The summed E-state index contributed by atoms with van der Waals surface area (Å²) in [5, 5.41) is 14.8. The Morgan fingerprint density at radius 3 is 2.33 bits per heavy atom. The van der Waals surface area contributed by atoms with Crippen LogP contribution in [0.2, 0.25) is 15.1 Å². The van der Waals surface area contributed by atoms with Gasteiger partial charge in [-0.2, -0.15) is 0 Å². The minimum atomic E-state index is -0.890. The van der Waals surface area contributed by atoms with Gasteiger partial charge in [0.05, 0.1) is 27.3 Å². The van der Waals surface area contributed by atoms with E-state index in [4.69, 9.17) is 34.8 Å². The van der Waals surface area contributed by atoms with Crippen molar-refractivity contribution in [3.63, 3.8) is 0 Å². The van der Waals surface area contributed by atoms with Crippen LogP contribution in [0.5, 0.6) is 0 Å². The third-order valence-electron chi connectivity index (χ3n) is 3.99. The van der Waals surface area contributed by atoms with E-state index >= 15 is 0 Å². The summed E-state index contributed by atoms with van der Waals surface area (Å²) in [6.45, 7) is 1.84. The number of halogens is 3. The Morgan fingerprint density at radius 2 is 1.78 bits per heavy atom. The van der Waals surface area contributed by atoms with Gasteiger partial charge in [-0.15, -0.1) is 11.3 Å². The number of hydrogen-bond acceptors (Lipinski definition) is 4. The Labute approximate surface area is 175 Å². The first-order valence-corrected chi connectivity index (χ1v) is 10.1. The second-order valence-electron chi connectivity index (χ2n) is 5.76. The molecule has 0 aliphatic carbocycles. The van der Waals surface area contributed by atoms with Crippen LogP contribution in [0.25, 0.3) is 11.3 Å². The summed E-state index contributed by atoms with van der Waals surface area (Å²) in [7, 11) is 0. The zero-order valence-electron chi connectivity index (χ0n) is 14.2. The van der Waals surface area contributed by atoms with E-state index in [0.29, 0.717) is 42.9 Å². The number of nitrogens with one attached hydrogen (secondary N) is 1. The van der Waals surface area contributed by atoms with E-state index < -0.39 is 11.9 Å². The van der Waals surface area contributed by atoms with Crippen LogP contribution in [0.15, 0.2) is 42.5 Å². The van der Waals surface area contributed by atoms with Gasteiger partial charge in [0.1, 0.15) is 0 Å². The summed E-state index contributed by atoms with van der Waals surface area (Å²) in [5.41, 5.74) is 1.94. The van der Waals surface area contributed by atoms with Crippen LogP contribution < -0.4 is 5.32 Å². The number of carbonyl (C=O) groups is 1. The number of rotatable bonds is 6. The lowest BCUT2D eigenvalue weighted by molar-refractivity contribution is -0.138. The van der Waals surface area contributed by atoms with Crippen molar-refractivity contribution < 1.29 is 9.90 Å². The first-order chi connectivity index (χ1) is 12.9. The van der Waals surface area contributed by atoms with Gasteiger partial charge in [0.15, 0.2) is 5.13 Å². The highest BCUT2D eigenvalue weighted by molar-refractivity contribution is 7.16. The first-order valence-electron chi connectivity index (χ1n) is 8.11. The van der Waals surface area contributed by atoms with Crippen molar-refractivity contribution >= 4 is 62.9 Å². The Kier molecular flexibility index (Phi) is 6.27. The van der Waals surface area contributed by atoms with Crippen LogP contribution >= 0.6 is 46.1 Å². The number of carboxylic acids is 1. The number of aliphatic carboxylic acids is 1.